The molecule has 80 valence electrons. The van der Waals surface area contributed by atoms with E-state index >= 15 is 0 Å². The fourth-order valence-electron chi connectivity index (χ4n) is 1.33. The fraction of sp³-hybridized carbons (Fsp3) is 0.500. The van der Waals surface area contributed by atoms with Gasteiger partial charge in [-0.1, -0.05) is 43.7 Å². The molecule has 0 amide bonds. The van der Waals surface area contributed by atoms with Crippen LogP contribution in [0.3, 0.4) is 0 Å². The molecule has 0 heterocycles. The molecule has 0 bridgehead atoms. The molecular formula is C12H21NS. The van der Waals surface area contributed by atoms with Gasteiger partial charge >= 0.3 is 0 Å². The van der Waals surface area contributed by atoms with E-state index < -0.39 is 0 Å². The molecular weight excluding hydrogens is 190 g/mol. The van der Waals surface area contributed by atoms with E-state index in [2.05, 4.69) is 37.3 Å². The Labute approximate surface area is 92.5 Å². The summed E-state index contributed by atoms with van der Waals surface area (Å²) in [6.07, 6.45) is 10.4. The van der Waals surface area contributed by atoms with Crippen molar-refractivity contribution in [1.29, 1.82) is 0 Å². The topological polar surface area (TPSA) is 12.0 Å². The average molecular weight is 211 g/mol. The Morgan fingerprint density at radius 3 is 2.57 bits per heavy atom. The van der Waals surface area contributed by atoms with E-state index in [9.17, 15) is 0 Å². The molecule has 0 rings (SSSR count). The highest BCUT2D eigenvalue weighted by atomic mass is 32.2. The van der Waals surface area contributed by atoms with Gasteiger partial charge in [0.15, 0.2) is 0 Å². The van der Waals surface area contributed by atoms with Crippen molar-refractivity contribution in [3.8, 4) is 0 Å². The van der Waals surface area contributed by atoms with Crippen LogP contribution >= 0.6 is 11.9 Å². The first-order chi connectivity index (χ1) is 6.79. The van der Waals surface area contributed by atoms with Gasteiger partial charge in [0.05, 0.1) is 0 Å². The van der Waals surface area contributed by atoms with Gasteiger partial charge in [-0.2, -0.15) is 0 Å². The Kier molecular flexibility index (Phi) is 8.79. The third kappa shape index (κ3) is 5.30. The third-order valence-corrected chi connectivity index (χ3v) is 2.54. The number of hydrogen-bond donors (Lipinski definition) is 1. The fourth-order valence-corrected chi connectivity index (χ4v) is 1.64. The number of hydrogen-bond acceptors (Lipinski definition) is 2. The minimum atomic E-state index is 1.00. The van der Waals surface area contributed by atoms with Crippen LogP contribution in [0, 0.1) is 0 Å². The summed E-state index contributed by atoms with van der Waals surface area (Å²) in [5.41, 5.74) is 2.75. The van der Waals surface area contributed by atoms with Crippen LogP contribution in [-0.2, 0) is 0 Å². The molecule has 0 aliphatic carbocycles. The van der Waals surface area contributed by atoms with Crippen molar-refractivity contribution >= 4 is 11.9 Å². The maximum Gasteiger partial charge on any atom is 0.00990 e. The van der Waals surface area contributed by atoms with Gasteiger partial charge in [0, 0.05) is 6.54 Å². The quantitative estimate of drug-likeness (QED) is 0.391. The Balaban J connectivity index is 4.38. The van der Waals surface area contributed by atoms with Crippen molar-refractivity contribution in [3.63, 3.8) is 0 Å². The second kappa shape index (κ2) is 9.10. The summed E-state index contributed by atoms with van der Waals surface area (Å²) in [7, 11) is 0. The van der Waals surface area contributed by atoms with Crippen molar-refractivity contribution in [1.82, 2.24) is 4.72 Å². The van der Waals surface area contributed by atoms with Gasteiger partial charge in [-0.25, -0.2) is 0 Å². The van der Waals surface area contributed by atoms with E-state index in [0.717, 1.165) is 19.4 Å². The normalized spacial score (nSPS) is 13.1. The Hall–Kier alpha value is -0.470. The SMILES string of the molecule is C=C/C(CCNSC)=C(\C=C/C)CC. The van der Waals surface area contributed by atoms with E-state index in [0.29, 0.717) is 0 Å². The number of nitrogens with one attached hydrogen (secondary N) is 1. The van der Waals surface area contributed by atoms with Crippen LogP contribution in [0.5, 0.6) is 0 Å². The molecule has 0 aliphatic rings. The first kappa shape index (κ1) is 13.5. The predicted molar refractivity (Wildman–Crippen MR) is 68.5 cm³/mol. The van der Waals surface area contributed by atoms with Gasteiger partial charge in [-0.05, 0) is 37.2 Å². The van der Waals surface area contributed by atoms with Crippen molar-refractivity contribution in [3.05, 3.63) is 36.0 Å². The summed E-state index contributed by atoms with van der Waals surface area (Å²) in [4.78, 5) is 0. The largest absolute Gasteiger partial charge is 0.264 e. The minimum absolute atomic E-state index is 1.00. The van der Waals surface area contributed by atoms with Crippen LogP contribution in [-0.4, -0.2) is 12.8 Å². The van der Waals surface area contributed by atoms with Crippen LogP contribution in [0.15, 0.2) is 36.0 Å². The van der Waals surface area contributed by atoms with Gasteiger partial charge in [-0.15, -0.1) is 0 Å². The van der Waals surface area contributed by atoms with Crippen molar-refractivity contribution in [2.45, 2.75) is 26.7 Å². The minimum Gasteiger partial charge on any atom is -0.264 e. The average Bonchev–Trinajstić information content (AvgIpc) is 2.22. The lowest BCUT2D eigenvalue weighted by molar-refractivity contribution is 0.898. The van der Waals surface area contributed by atoms with E-state index in [4.69, 9.17) is 0 Å². The third-order valence-electron chi connectivity index (χ3n) is 2.05. The lowest BCUT2D eigenvalue weighted by atomic mass is 10.0. The molecule has 0 unspecified atom stereocenters. The van der Waals surface area contributed by atoms with Crippen LogP contribution in [0.2, 0.25) is 0 Å². The van der Waals surface area contributed by atoms with Crippen molar-refractivity contribution < 1.29 is 0 Å². The first-order valence-corrected chi connectivity index (χ1v) is 6.25. The highest BCUT2D eigenvalue weighted by Gasteiger charge is 1.98. The second-order valence-electron chi connectivity index (χ2n) is 2.96. The monoisotopic (exact) mass is 211 g/mol. The molecule has 0 aromatic carbocycles. The van der Waals surface area contributed by atoms with E-state index in [1.54, 1.807) is 11.9 Å². The number of rotatable bonds is 7. The summed E-state index contributed by atoms with van der Waals surface area (Å²) in [5.74, 6) is 0. The zero-order valence-corrected chi connectivity index (χ0v) is 10.3. The van der Waals surface area contributed by atoms with E-state index in [1.165, 1.54) is 11.1 Å². The molecule has 0 spiro atoms. The maximum absolute atomic E-state index is 3.86. The molecule has 0 fully saturated rings. The smallest absolute Gasteiger partial charge is 0.00990 e. The van der Waals surface area contributed by atoms with E-state index in [-0.39, 0.29) is 0 Å². The summed E-state index contributed by atoms with van der Waals surface area (Å²) < 4.78 is 3.24. The van der Waals surface area contributed by atoms with Crippen LogP contribution < -0.4 is 4.72 Å². The maximum atomic E-state index is 3.86. The molecule has 0 saturated carbocycles. The molecule has 14 heavy (non-hydrogen) atoms. The lowest BCUT2D eigenvalue weighted by Crippen LogP contribution is -2.05. The molecule has 1 N–H and O–H groups in total. The van der Waals surface area contributed by atoms with Crippen LogP contribution in [0.25, 0.3) is 0 Å². The second-order valence-corrected chi connectivity index (χ2v) is 3.65. The first-order valence-electron chi connectivity index (χ1n) is 5.03. The predicted octanol–water partition coefficient (Wildman–Crippen LogP) is 3.71. The summed E-state index contributed by atoms with van der Waals surface area (Å²) in [6, 6.07) is 0. The molecule has 0 saturated heterocycles. The van der Waals surface area contributed by atoms with Gasteiger partial charge in [0.25, 0.3) is 0 Å². The van der Waals surface area contributed by atoms with E-state index in [1.807, 2.05) is 12.3 Å². The van der Waals surface area contributed by atoms with Crippen LogP contribution in [0.4, 0.5) is 0 Å². The van der Waals surface area contributed by atoms with Gasteiger partial charge in [-0.3, -0.25) is 4.72 Å². The molecule has 2 heteroatoms. The molecule has 0 aliphatic heterocycles. The Morgan fingerprint density at radius 2 is 2.14 bits per heavy atom. The molecule has 0 aromatic heterocycles. The molecule has 0 radical (unpaired) electrons. The Bertz CT molecular complexity index is 216. The standard InChI is InChI=1S/C12H21NS/c1-5-8-11(6-2)12(7-3)9-10-13-14-4/h5,7-8,13H,3,6,9-10H2,1-2,4H3/b8-5-,12-11+. The molecule has 0 atom stereocenters. The zero-order valence-electron chi connectivity index (χ0n) is 9.47. The summed E-state index contributed by atoms with van der Waals surface area (Å²) in [5, 5.41) is 0. The molecule has 1 nitrogen and oxygen atoms in total. The zero-order chi connectivity index (χ0) is 10.8. The van der Waals surface area contributed by atoms with Gasteiger partial charge < -0.3 is 0 Å². The van der Waals surface area contributed by atoms with Crippen molar-refractivity contribution in [2.75, 3.05) is 12.8 Å². The molecule has 0 aromatic rings. The van der Waals surface area contributed by atoms with Crippen molar-refractivity contribution in [2.24, 2.45) is 0 Å². The number of allylic oxidation sites excluding steroid dienone is 4. The van der Waals surface area contributed by atoms with Crippen LogP contribution in [0.1, 0.15) is 26.7 Å². The highest BCUT2D eigenvalue weighted by molar-refractivity contribution is 7.96. The lowest BCUT2D eigenvalue weighted by Gasteiger charge is -2.07. The van der Waals surface area contributed by atoms with Gasteiger partial charge in [0.2, 0.25) is 0 Å². The summed E-state index contributed by atoms with van der Waals surface area (Å²) in [6.45, 7) is 9.10. The van der Waals surface area contributed by atoms with Gasteiger partial charge in [0.1, 0.15) is 0 Å². The highest BCUT2D eigenvalue weighted by Crippen LogP contribution is 2.14. The Morgan fingerprint density at radius 1 is 1.43 bits per heavy atom. The summed E-state index contributed by atoms with van der Waals surface area (Å²) >= 11 is 1.66.